The first kappa shape index (κ1) is 21.4. The molecule has 0 amide bonds. The van der Waals surface area contributed by atoms with Crippen LogP contribution in [0.15, 0.2) is 58.4 Å². The van der Waals surface area contributed by atoms with Gasteiger partial charge in [-0.05, 0) is 47.3 Å². The minimum absolute atomic E-state index is 0.00912. The fraction of sp³-hybridized carbons (Fsp3) is 0.200. The van der Waals surface area contributed by atoms with E-state index in [1.807, 2.05) is 6.07 Å². The van der Waals surface area contributed by atoms with Crippen LogP contribution >= 0.6 is 0 Å². The Morgan fingerprint density at radius 1 is 1.13 bits per heavy atom. The minimum atomic E-state index is -4.90. The summed E-state index contributed by atoms with van der Waals surface area (Å²) in [6.07, 6.45) is -3.49. The first-order chi connectivity index (χ1) is 14.0. The third-order valence-electron chi connectivity index (χ3n) is 4.43. The maximum absolute atomic E-state index is 12.8. The molecule has 2 aromatic carbocycles. The number of sulfone groups is 1. The zero-order valence-electron chi connectivity index (χ0n) is 15.6. The summed E-state index contributed by atoms with van der Waals surface area (Å²) in [5.41, 5.74) is -0.169. The van der Waals surface area contributed by atoms with E-state index < -0.39 is 27.5 Å². The van der Waals surface area contributed by atoms with Crippen LogP contribution in [-0.2, 0) is 16.4 Å². The Labute approximate surface area is 169 Å². The lowest BCUT2D eigenvalue weighted by Gasteiger charge is -2.13. The van der Waals surface area contributed by atoms with Crippen LogP contribution in [-0.4, -0.2) is 25.1 Å². The van der Waals surface area contributed by atoms with Crippen molar-refractivity contribution in [2.24, 2.45) is 0 Å². The molecule has 30 heavy (non-hydrogen) atoms. The molecule has 0 saturated carbocycles. The molecule has 0 saturated heterocycles. The molecular formula is C20H15F3N2O4S. The third kappa shape index (κ3) is 4.46. The summed E-state index contributed by atoms with van der Waals surface area (Å²) in [7, 11) is -3.63. The zero-order valence-corrected chi connectivity index (χ0v) is 16.4. The highest BCUT2D eigenvalue weighted by atomic mass is 32.2. The van der Waals surface area contributed by atoms with Crippen molar-refractivity contribution in [1.82, 2.24) is 4.57 Å². The fourth-order valence-electron chi connectivity index (χ4n) is 3.00. The molecule has 10 heteroatoms. The van der Waals surface area contributed by atoms with Crippen LogP contribution in [0.2, 0.25) is 0 Å². The summed E-state index contributed by atoms with van der Waals surface area (Å²) in [5.74, 6) is -0.706. The van der Waals surface area contributed by atoms with Gasteiger partial charge in [0.2, 0.25) is 0 Å². The third-order valence-corrected chi connectivity index (χ3v) is 6.26. The van der Waals surface area contributed by atoms with Crippen molar-refractivity contribution < 1.29 is 26.3 Å². The Morgan fingerprint density at radius 2 is 1.87 bits per heavy atom. The number of hydrogen-bond donors (Lipinski definition) is 0. The molecule has 0 aliphatic heterocycles. The molecule has 0 spiro atoms. The van der Waals surface area contributed by atoms with Crippen molar-refractivity contribution >= 4 is 20.6 Å². The lowest BCUT2D eigenvalue weighted by molar-refractivity contribution is -0.274. The Hall–Kier alpha value is -3.32. The molecule has 0 atom stereocenters. The van der Waals surface area contributed by atoms with Gasteiger partial charge in [-0.1, -0.05) is 13.0 Å². The SMILES string of the molecule is CCS(=O)(=O)c1ccc(C#N)cc1Cn1ccc2ccc(OC(F)(F)F)cc2c1=O. The highest BCUT2D eigenvalue weighted by Crippen LogP contribution is 2.25. The lowest BCUT2D eigenvalue weighted by atomic mass is 10.1. The van der Waals surface area contributed by atoms with E-state index in [-0.39, 0.29) is 33.7 Å². The van der Waals surface area contributed by atoms with Gasteiger partial charge in [0.15, 0.2) is 9.84 Å². The van der Waals surface area contributed by atoms with Crippen molar-refractivity contribution in [3.05, 3.63) is 70.1 Å². The predicted octanol–water partition coefficient (Wildman–Crippen LogP) is 3.61. The maximum atomic E-state index is 12.8. The molecule has 0 aliphatic rings. The molecule has 0 fully saturated rings. The summed E-state index contributed by atoms with van der Waals surface area (Å²) < 4.78 is 67.3. The molecule has 3 aromatic rings. The second-order valence-electron chi connectivity index (χ2n) is 6.38. The largest absolute Gasteiger partial charge is 0.573 e. The fourth-order valence-corrected chi connectivity index (χ4v) is 4.10. The number of fused-ring (bicyclic) bond motifs is 1. The average Bonchev–Trinajstić information content (AvgIpc) is 2.69. The van der Waals surface area contributed by atoms with Gasteiger partial charge in [-0.2, -0.15) is 5.26 Å². The number of alkyl halides is 3. The second kappa shape index (κ2) is 7.84. The number of pyridine rings is 1. The average molecular weight is 436 g/mol. The van der Waals surface area contributed by atoms with Gasteiger partial charge in [0.25, 0.3) is 5.56 Å². The molecular weight excluding hydrogens is 421 g/mol. The van der Waals surface area contributed by atoms with Gasteiger partial charge in [-0.3, -0.25) is 4.79 Å². The Bertz CT molecular complexity index is 1320. The molecule has 0 aliphatic carbocycles. The molecule has 1 aromatic heterocycles. The van der Waals surface area contributed by atoms with E-state index in [4.69, 9.17) is 5.26 Å². The predicted molar refractivity (Wildman–Crippen MR) is 103 cm³/mol. The summed E-state index contributed by atoms with van der Waals surface area (Å²) >= 11 is 0. The van der Waals surface area contributed by atoms with E-state index in [0.717, 1.165) is 12.1 Å². The van der Waals surface area contributed by atoms with Gasteiger partial charge in [-0.15, -0.1) is 13.2 Å². The second-order valence-corrected chi connectivity index (χ2v) is 8.63. The number of aromatic nitrogens is 1. The van der Waals surface area contributed by atoms with Crippen molar-refractivity contribution in [3.63, 3.8) is 0 Å². The highest BCUT2D eigenvalue weighted by molar-refractivity contribution is 7.91. The van der Waals surface area contributed by atoms with E-state index in [1.54, 1.807) is 0 Å². The highest BCUT2D eigenvalue weighted by Gasteiger charge is 2.31. The molecule has 1 heterocycles. The Kier molecular flexibility index (Phi) is 5.59. The number of nitriles is 1. The molecule has 6 nitrogen and oxygen atoms in total. The van der Waals surface area contributed by atoms with Gasteiger partial charge in [0.05, 0.1) is 34.2 Å². The van der Waals surface area contributed by atoms with Gasteiger partial charge < -0.3 is 9.30 Å². The van der Waals surface area contributed by atoms with Crippen LogP contribution in [0.3, 0.4) is 0 Å². The molecule has 3 rings (SSSR count). The first-order valence-corrected chi connectivity index (χ1v) is 10.3. The molecule has 0 bridgehead atoms. The summed E-state index contributed by atoms with van der Waals surface area (Å²) in [6, 6.07) is 10.9. The maximum Gasteiger partial charge on any atom is 0.573 e. The summed E-state index contributed by atoms with van der Waals surface area (Å²) in [6.45, 7) is 1.30. The first-order valence-electron chi connectivity index (χ1n) is 8.69. The minimum Gasteiger partial charge on any atom is -0.406 e. The number of ether oxygens (including phenoxy) is 1. The van der Waals surface area contributed by atoms with Crippen LogP contribution in [0.25, 0.3) is 10.8 Å². The Balaban J connectivity index is 2.12. The van der Waals surface area contributed by atoms with Crippen LogP contribution in [0.5, 0.6) is 5.75 Å². The topological polar surface area (TPSA) is 89.2 Å². The normalized spacial score (nSPS) is 12.0. The summed E-state index contributed by atoms with van der Waals surface area (Å²) in [5, 5.41) is 9.51. The zero-order chi connectivity index (χ0) is 22.1. The number of benzene rings is 2. The standard InChI is InChI=1S/C20H15F3N2O4S/c1-2-30(27,28)18-6-3-13(11-24)9-15(18)12-25-8-7-14-4-5-16(29-20(21,22)23)10-17(14)19(25)26/h3-10H,2,12H2,1H3. The van der Waals surface area contributed by atoms with Gasteiger partial charge >= 0.3 is 6.36 Å². The number of hydrogen-bond acceptors (Lipinski definition) is 5. The number of rotatable bonds is 5. The van der Waals surface area contributed by atoms with Crippen LogP contribution < -0.4 is 10.3 Å². The molecule has 0 N–H and O–H groups in total. The quantitative estimate of drug-likeness (QED) is 0.610. The molecule has 156 valence electrons. The summed E-state index contributed by atoms with van der Waals surface area (Å²) in [4.78, 5) is 12.8. The van der Waals surface area contributed by atoms with E-state index in [0.29, 0.717) is 5.39 Å². The van der Waals surface area contributed by atoms with E-state index in [2.05, 4.69) is 4.74 Å². The van der Waals surface area contributed by atoms with Gasteiger partial charge in [0, 0.05) is 6.20 Å². The van der Waals surface area contributed by atoms with E-state index in [1.165, 1.54) is 48.0 Å². The van der Waals surface area contributed by atoms with Crippen LogP contribution in [0, 0.1) is 11.3 Å². The van der Waals surface area contributed by atoms with Gasteiger partial charge in [-0.25, -0.2) is 8.42 Å². The van der Waals surface area contributed by atoms with Crippen molar-refractivity contribution in [2.45, 2.75) is 24.7 Å². The Morgan fingerprint density at radius 3 is 2.50 bits per heavy atom. The molecule has 0 unspecified atom stereocenters. The van der Waals surface area contributed by atoms with Crippen LogP contribution in [0.4, 0.5) is 13.2 Å². The monoisotopic (exact) mass is 436 g/mol. The van der Waals surface area contributed by atoms with Crippen molar-refractivity contribution in [1.29, 1.82) is 5.26 Å². The van der Waals surface area contributed by atoms with Gasteiger partial charge in [0.1, 0.15) is 5.75 Å². The number of halogens is 3. The smallest absolute Gasteiger partial charge is 0.406 e. The van der Waals surface area contributed by atoms with E-state index in [9.17, 15) is 26.4 Å². The lowest BCUT2D eigenvalue weighted by Crippen LogP contribution is -2.22. The van der Waals surface area contributed by atoms with Crippen molar-refractivity contribution in [2.75, 3.05) is 5.75 Å². The van der Waals surface area contributed by atoms with E-state index >= 15 is 0 Å². The van der Waals surface area contributed by atoms with Crippen molar-refractivity contribution in [3.8, 4) is 11.8 Å². The molecule has 0 radical (unpaired) electrons. The number of nitrogens with zero attached hydrogens (tertiary/aromatic N) is 2. The van der Waals surface area contributed by atoms with Crippen LogP contribution in [0.1, 0.15) is 18.1 Å².